The predicted octanol–water partition coefficient (Wildman–Crippen LogP) is 12.4. The van der Waals surface area contributed by atoms with E-state index in [1.54, 1.807) is 0 Å². The minimum absolute atomic E-state index is 0.0506. The number of anilines is 6. The van der Waals surface area contributed by atoms with Gasteiger partial charge in [0.15, 0.2) is 0 Å². The van der Waals surface area contributed by atoms with Gasteiger partial charge in [0.25, 0.3) is 6.71 Å². The van der Waals surface area contributed by atoms with Gasteiger partial charge in [0.2, 0.25) is 0 Å². The average molecular weight is 795 g/mol. The Morgan fingerprint density at radius 3 is 1.02 bits per heavy atom. The highest BCUT2D eigenvalue weighted by Gasteiger charge is 2.43. The molecule has 0 aliphatic carbocycles. The van der Waals surface area contributed by atoms with E-state index >= 15 is 0 Å². The van der Waals surface area contributed by atoms with Gasteiger partial charge in [0, 0.05) is 34.1 Å². The van der Waals surface area contributed by atoms with Gasteiger partial charge in [-0.1, -0.05) is 170 Å². The highest BCUT2D eigenvalue weighted by Crippen LogP contribution is 2.45. The van der Waals surface area contributed by atoms with E-state index < -0.39 is 0 Å². The van der Waals surface area contributed by atoms with E-state index in [1.807, 2.05) is 0 Å². The van der Waals surface area contributed by atoms with Crippen molar-refractivity contribution in [3.8, 4) is 0 Å². The molecule has 2 nitrogen and oxygen atoms in total. The second-order valence-corrected chi connectivity index (χ2v) is 17.1. The molecule has 0 atom stereocenters. The standard InChI is InChI=1S/C59H47BN2/c1-42-32-57-59-58(33-42)62(52-27-15-25-48(39-52)35-44-18-8-3-9-19-44)56-41-50(37-46-22-12-5-13-23-46)29-31-54(56)60(59)53-30-28-49(36-45-20-10-4-11-21-45)40-55(53)61(57)51-26-14-24-47(38-51)34-43-16-6-2-7-17-43/h2-33,38-41H,34-37H2,1H3. The molecular formula is C59H47BN2. The molecule has 2 heterocycles. The zero-order chi connectivity index (χ0) is 41.4. The third-order valence-corrected chi connectivity index (χ3v) is 12.7. The van der Waals surface area contributed by atoms with Gasteiger partial charge in [-0.25, -0.2) is 0 Å². The SMILES string of the molecule is Cc1cc2c3c(c1)N(c1cccc(Cc4ccccc4)c1)c1cc(Cc4ccccc4)ccc1B3c1ccc(Cc3ccccc3)cc1N2c1cccc(Cc2ccccc2)c1. The van der Waals surface area contributed by atoms with Crippen LogP contribution in [0.15, 0.2) is 218 Å². The van der Waals surface area contributed by atoms with Crippen LogP contribution in [-0.4, -0.2) is 6.71 Å². The van der Waals surface area contributed by atoms with Crippen LogP contribution in [0.3, 0.4) is 0 Å². The van der Waals surface area contributed by atoms with E-state index in [4.69, 9.17) is 0 Å². The third kappa shape index (κ3) is 7.30. The van der Waals surface area contributed by atoms with Crippen molar-refractivity contribution in [1.29, 1.82) is 0 Å². The summed E-state index contributed by atoms with van der Waals surface area (Å²) in [6.07, 6.45) is 3.51. The lowest BCUT2D eigenvalue weighted by Gasteiger charge is -2.44. The zero-order valence-corrected chi connectivity index (χ0v) is 35.1. The largest absolute Gasteiger partial charge is 0.311 e. The predicted molar refractivity (Wildman–Crippen MR) is 262 cm³/mol. The van der Waals surface area contributed by atoms with E-state index in [9.17, 15) is 0 Å². The number of hydrogen-bond acceptors (Lipinski definition) is 2. The van der Waals surface area contributed by atoms with Crippen molar-refractivity contribution in [3.63, 3.8) is 0 Å². The lowest BCUT2D eigenvalue weighted by molar-refractivity contribution is 1.16. The van der Waals surface area contributed by atoms with Crippen LogP contribution in [0.5, 0.6) is 0 Å². The van der Waals surface area contributed by atoms with Crippen LogP contribution in [-0.2, 0) is 25.7 Å². The minimum Gasteiger partial charge on any atom is -0.311 e. The van der Waals surface area contributed by atoms with Crippen molar-refractivity contribution in [3.05, 3.63) is 268 Å². The second kappa shape index (κ2) is 16.3. The first-order valence-electron chi connectivity index (χ1n) is 22.0. The Labute approximate surface area is 366 Å². The van der Waals surface area contributed by atoms with Crippen LogP contribution < -0.4 is 26.2 Å². The van der Waals surface area contributed by atoms with E-state index in [1.165, 1.54) is 101 Å². The fourth-order valence-electron chi connectivity index (χ4n) is 9.93. The molecule has 0 saturated carbocycles. The molecule has 9 aromatic rings. The molecule has 0 saturated heterocycles. The summed E-state index contributed by atoms with van der Waals surface area (Å²) in [7, 11) is 0. The van der Waals surface area contributed by atoms with Crippen LogP contribution in [0.2, 0.25) is 0 Å². The van der Waals surface area contributed by atoms with Crippen molar-refractivity contribution in [2.24, 2.45) is 0 Å². The quantitative estimate of drug-likeness (QED) is 0.127. The van der Waals surface area contributed by atoms with Crippen molar-refractivity contribution in [2.45, 2.75) is 32.6 Å². The Kier molecular flexibility index (Phi) is 9.86. The Hall–Kier alpha value is -7.36. The maximum absolute atomic E-state index is 2.57. The summed E-state index contributed by atoms with van der Waals surface area (Å²) in [6.45, 7) is 2.32. The maximum atomic E-state index is 2.57. The van der Waals surface area contributed by atoms with Crippen LogP contribution in [0, 0.1) is 6.92 Å². The first-order valence-corrected chi connectivity index (χ1v) is 22.0. The molecule has 62 heavy (non-hydrogen) atoms. The molecule has 296 valence electrons. The number of fused-ring (bicyclic) bond motifs is 4. The molecule has 0 spiro atoms. The van der Waals surface area contributed by atoms with Crippen LogP contribution in [0.4, 0.5) is 34.1 Å². The fourth-order valence-corrected chi connectivity index (χ4v) is 9.93. The monoisotopic (exact) mass is 794 g/mol. The molecule has 3 heteroatoms. The van der Waals surface area contributed by atoms with Crippen LogP contribution >= 0.6 is 0 Å². The smallest absolute Gasteiger partial charge is 0.252 e. The highest BCUT2D eigenvalue weighted by atomic mass is 15.2. The first-order chi connectivity index (χ1) is 30.6. The third-order valence-electron chi connectivity index (χ3n) is 12.7. The number of hydrogen-bond donors (Lipinski definition) is 0. The van der Waals surface area contributed by atoms with Gasteiger partial charge in [-0.15, -0.1) is 0 Å². The molecule has 11 rings (SSSR count). The summed E-state index contributed by atoms with van der Waals surface area (Å²) in [6, 6.07) is 81.3. The van der Waals surface area contributed by atoms with E-state index in [2.05, 4.69) is 235 Å². The Balaban J connectivity index is 1.12. The Bertz CT molecular complexity index is 2830. The topological polar surface area (TPSA) is 6.48 Å². The normalized spacial score (nSPS) is 12.4. The molecule has 2 aliphatic rings. The number of nitrogens with zero attached hydrogens (tertiary/aromatic N) is 2. The average Bonchev–Trinajstić information content (AvgIpc) is 3.30. The lowest BCUT2D eigenvalue weighted by atomic mass is 9.33. The number of aryl methyl sites for hydroxylation is 1. The van der Waals surface area contributed by atoms with Crippen molar-refractivity contribution < 1.29 is 0 Å². The van der Waals surface area contributed by atoms with Gasteiger partial charge >= 0.3 is 0 Å². The zero-order valence-electron chi connectivity index (χ0n) is 35.1. The number of rotatable bonds is 10. The van der Waals surface area contributed by atoms with Crippen molar-refractivity contribution in [2.75, 3.05) is 9.80 Å². The molecule has 0 radical (unpaired) electrons. The van der Waals surface area contributed by atoms with Crippen molar-refractivity contribution in [1.82, 2.24) is 0 Å². The van der Waals surface area contributed by atoms with E-state index in [-0.39, 0.29) is 6.71 Å². The molecule has 0 aromatic heterocycles. The Morgan fingerprint density at radius 1 is 0.306 bits per heavy atom. The van der Waals surface area contributed by atoms with E-state index in [0.717, 1.165) is 25.7 Å². The Morgan fingerprint density at radius 2 is 0.645 bits per heavy atom. The summed E-state index contributed by atoms with van der Waals surface area (Å²) in [5.41, 5.74) is 23.1. The van der Waals surface area contributed by atoms with Crippen LogP contribution in [0.25, 0.3) is 0 Å². The summed E-state index contributed by atoms with van der Waals surface area (Å²) in [5.74, 6) is 0. The van der Waals surface area contributed by atoms with Crippen LogP contribution in [0.1, 0.15) is 50.1 Å². The van der Waals surface area contributed by atoms with Gasteiger partial charge in [-0.2, -0.15) is 0 Å². The van der Waals surface area contributed by atoms with Crippen molar-refractivity contribution >= 4 is 57.2 Å². The highest BCUT2D eigenvalue weighted by molar-refractivity contribution is 7.00. The second-order valence-electron chi connectivity index (χ2n) is 17.1. The molecule has 0 amide bonds. The molecule has 0 unspecified atom stereocenters. The van der Waals surface area contributed by atoms with Gasteiger partial charge < -0.3 is 9.80 Å². The molecule has 9 aromatic carbocycles. The number of benzene rings is 9. The summed E-state index contributed by atoms with van der Waals surface area (Å²) < 4.78 is 0. The summed E-state index contributed by atoms with van der Waals surface area (Å²) in [5, 5.41) is 0. The molecule has 0 bridgehead atoms. The lowest BCUT2D eigenvalue weighted by Crippen LogP contribution is -2.61. The molecule has 0 N–H and O–H groups in total. The first kappa shape index (κ1) is 37.6. The fraction of sp³-hybridized carbons (Fsp3) is 0.0847. The summed E-state index contributed by atoms with van der Waals surface area (Å²) in [4.78, 5) is 5.14. The molecule has 0 fully saturated rings. The van der Waals surface area contributed by atoms with Gasteiger partial charge in [0.05, 0.1) is 0 Å². The van der Waals surface area contributed by atoms with Gasteiger partial charge in [0.1, 0.15) is 0 Å². The minimum atomic E-state index is 0.0506. The maximum Gasteiger partial charge on any atom is 0.252 e. The van der Waals surface area contributed by atoms with E-state index in [0.29, 0.717) is 0 Å². The van der Waals surface area contributed by atoms with Gasteiger partial charge in [-0.3, -0.25) is 0 Å². The molecular weight excluding hydrogens is 747 g/mol. The molecule has 2 aliphatic heterocycles. The summed E-state index contributed by atoms with van der Waals surface area (Å²) >= 11 is 0. The van der Waals surface area contributed by atoms with Gasteiger partial charge in [-0.05, 0) is 148 Å².